The summed E-state index contributed by atoms with van der Waals surface area (Å²) < 4.78 is 0. The van der Waals surface area contributed by atoms with E-state index in [9.17, 15) is 9.90 Å². The number of urea groups is 1. The predicted octanol–water partition coefficient (Wildman–Crippen LogP) is 1.55. The monoisotopic (exact) mass is 346 g/mol. The molecular formula is C19H30N4O2. The van der Waals surface area contributed by atoms with Crippen LogP contribution >= 0.6 is 0 Å². The highest BCUT2D eigenvalue weighted by Crippen LogP contribution is 2.24. The van der Waals surface area contributed by atoms with Gasteiger partial charge in [-0.1, -0.05) is 0 Å². The van der Waals surface area contributed by atoms with E-state index in [1.54, 1.807) is 0 Å². The lowest BCUT2D eigenvalue weighted by molar-refractivity contribution is 0.176. The number of hydrogen-bond acceptors (Lipinski definition) is 4. The number of pyridine rings is 1. The van der Waals surface area contributed by atoms with Crippen LogP contribution in [0, 0.1) is 5.92 Å². The first-order valence-electron chi connectivity index (χ1n) is 9.52. The Kier molecular flexibility index (Phi) is 6.64. The summed E-state index contributed by atoms with van der Waals surface area (Å²) in [6.45, 7) is 3.80. The van der Waals surface area contributed by atoms with E-state index in [1.165, 1.54) is 5.56 Å². The smallest absolute Gasteiger partial charge is 0.315 e. The van der Waals surface area contributed by atoms with Crippen molar-refractivity contribution in [1.82, 2.24) is 20.5 Å². The minimum absolute atomic E-state index is 0.0587. The summed E-state index contributed by atoms with van der Waals surface area (Å²) in [6.07, 6.45) is 9.27. The van der Waals surface area contributed by atoms with Gasteiger partial charge in [0.1, 0.15) is 0 Å². The standard InChI is InChI=1S/C19H30N4O2/c24-18-2-1-16(13-18)14-21-19(25)22-17-6-11-23(12-7-17)10-5-15-3-8-20-9-4-15/h3-4,8-9,16-18,24H,1-2,5-7,10-14H2,(H2,21,22,25). The molecule has 0 bridgehead atoms. The number of nitrogens with one attached hydrogen (secondary N) is 2. The molecule has 2 atom stereocenters. The molecule has 1 aromatic heterocycles. The molecule has 25 heavy (non-hydrogen) atoms. The van der Waals surface area contributed by atoms with Gasteiger partial charge in [-0.15, -0.1) is 0 Å². The molecular weight excluding hydrogens is 316 g/mol. The van der Waals surface area contributed by atoms with Crippen LogP contribution in [-0.4, -0.2) is 59.3 Å². The minimum atomic E-state index is -0.175. The highest BCUT2D eigenvalue weighted by Gasteiger charge is 2.24. The van der Waals surface area contributed by atoms with Crippen LogP contribution < -0.4 is 10.6 Å². The maximum atomic E-state index is 12.0. The van der Waals surface area contributed by atoms with E-state index in [-0.39, 0.29) is 18.2 Å². The van der Waals surface area contributed by atoms with Gasteiger partial charge in [0.15, 0.2) is 0 Å². The van der Waals surface area contributed by atoms with E-state index >= 15 is 0 Å². The molecule has 6 nitrogen and oxygen atoms in total. The maximum absolute atomic E-state index is 12.0. The number of amides is 2. The Labute approximate surface area is 150 Å². The predicted molar refractivity (Wildman–Crippen MR) is 97.3 cm³/mol. The van der Waals surface area contributed by atoms with Crippen LogP contribution in [0.15, 0.2) is 24.5 Å². The molecule has 138 valence electrons. The van der Waals surface area contributed by atoms with Gasteiger partial charge in [0.05, 0.1) is 6.10 Å². The fourth-order valence-electron chi connectivity index (χ4n) is 3.84. The summed E-state index contributed by atoms with van der Waals surface area (Å²) in [4.78, 5) is 18.6. The molecule has 1 saturated carbocycles. The van der Waals surface area contributed by atoms with E-state index in [4.69, 9.17) is 0 Å². The Hall–Kier alpha value is -1.66. The number of aliphatic hydroxyl groups is 1. The molecule has 0 spiro atoms. The van der Waals surface area contributed by atoms with Crippen LogP contribution in [0.4, 0.5) is 4.79 Å². The van der Waals surface area contributed by atoms with Gasteiger partial charge >= 0.3 is 6.03 Å². The van der Waals surface area contributed by atoms with Crippen molar-refractivity contribution >= 4 is 6.03 Å². The summed E-state index contributed by atoms with van der Waals surface area (Å²) in [5.74, 6) is 0.427. The van der Waals surface area contributed by atoms with E-state index in [2.05, 4.69) is 32.7 Å². The van der Waals surface area contributed by atoms with Gasteiger partial charge in [0.2, 0.25) is 0 Å². The molecule has 1 aromatic rings. The van der Waals surface area contributed by atoms with Crippen LogP contribution in [0.5, 0.6) is 0 Å². The number of likely N-dealkylation sites (tertiary alicyclic amines) is 1. The Morgan fingerprint density at radius 1 is 1.20 bits per heavy atom. The van der Waals surface area contributed by atoms with Gasteiger partial charge in [-0.25, -0.2) is 4.79 Å². The third-order valence-electron chi connectivity index (χ3n) is 5.45. The Morgan fingerprint density at radius 3 is 2.64 bits per heavy atom. The first-order chi connectivity index (χ1) is 12.2. The summed E-state index contributed by atoms with van der Waals surface area (Å²) in [6, 6.07) is 4.35. The largest absolute Gasteiger partial charge is 0.393 e. The van der Waals surface area contributed by atoms with Crippen molar-refractivity contribution < 1.29 is 9.90 Å². The molecule has 6 heteroatoms. The van der Waals surface area contributed by atoms with Crippen molar-refractivity contribution in [2.45, 2.75) is 50.7 Å². The normalized spacial score (nSPS) is 25.0. The van der Waals surface area contributed by atoms with Crippen molar-refractivity contribution in [2.24, 2.45) is 5.92 Å². The van der Waals surface area contributed by atoms with Gasteiger partial charge in [-0.05, 0) is 62.1 Å². The molecule has 2 fully saturated rings. The average Bonchev–Trinajstić information content (AvgIpc) is 3.06. The van der Waals surface area contributed by atoms with Crippen molar-refractivity contribution in [3.05, 3.63) is 30.1 Å². The topological polar surface area (TPSA) is 77.5 Å². The van der Waals surface area contributed by atoms with E-state index in [0.29, 0.717) is 12.5 Å². The number of aromatic nitrogens is 1. The number of nitrogens with zero attached hydrogens (tertiary/aromatic N) is 2. The minimum Gasteiger partial charge on any atom is -0.393 e. The first kappa shape index (κ1) is 18.1. The van der Waals surface area contributed by atoms with Crippen molar-refractivity contribution in [2.75, 3.05) is 26.2 Å². The van der Waals surface area contributed by atoms with Crippen LogP contribution in [0.25, 0.3) is 0 Å². The molecule has 1 aliphatic heterocycles. The fraction of sp³-hybridized carbons (Fsp3) is 0.684. The van der Waals surface area contributed by atoms with Crippen LogP contribution in [0.2, 0.25) is 0 Å². The van der Waals surface area contributed by atoms with Gasteiger partial charge in [0.25, 0.3) is 0 Å². The summed E-state index contributed by atoms with van der Waals surface area (Å²) in [5.41, 5.74) is 1.33. The van der Waals surface area contributed by atoms with Crippen molar-refractivity contribution in [3.63, 3.8) is 0 Å². The van der Waals surface area contributed by atoms with Crippen LogP contribution in [-0.2, 0) is 6.42 Å². The van der Waals surface area contributed by atoms with E-state index in [0.717, 1.165) is 58.2 Å². The molecule has 0 aromatic carbocycles. The number of piperidine rings is 1. The molecule has 3 rings (SSSR count). The average molecular weight is 346 g/mol. The lowest BCUT2D eigenvalue weighted by Gasteiger charge is -2.32. The third kappa shape index (κ3) is 5.97. The van der Waals surface area contributed by atoms with E-state index in [1.807, 2.05) is 12.4 Å². The molecule has 2 aliphatic rings. The van der Waals surface area contributed by atoms with Gasteiger partial charge in [0, 0.05) is 44.6 Å². The number of aliphatic hydroxyl groups excluding tert-OH is 1. The lowest BCUT2D eigenvalue weighted by atomic mass is 10.0. The number of carbonyl (C=O) groups excluding carboxylic acids is 1. The lowest BCUT2D eigenvalue weighted by Crippen LogP contribution is -2.48. The number of hydrogen-bond donors (Lipinski definition) is 3. The second-order valence-corrected chi connectivity index (χ2v) is 7.41. The zero-order valence-electron chi connectivity index (χ0n) is 14.9. The SMILES string of the molecule is O=C(NCC1CCC(O)C1)NC1CCN(CCc2ccncc2)CC1. The molecule has 1 aliphatic carbocycles. The summed E-state index contributed by atoms with van der Waals surface area (Å²) >= 11 is 0. The Bertz CT molecular complexity index is 531. The first-order valence-corrected chi connectivity index (χ1v) is 9.52. The highest BCUT2D eigenvalue weighted by molar-refractivity contribution is 5.74. The molecule has 2 amide bonds. The quantitative estimate of drug-likeness (QED) is 0.730. The molecule has 0 radical (unpaired) electrons. The van der Waals surface area contributed by atoms with E-state index < -0.39 is 0 Å². The van der Waals surface area contributed by atoms with Crippen molar-refractivity contribution in [1.29, 1.82) is 0 Å². The summed E-state index contributed by atoms with van der Waals surface area (Å²) in [5, 5.41) is 15.6. The van der Waals surface area contributed by atoms with Gasteiger partial charge < -0.3 is 20.6 Å². The number of rotatable bonds is 6. The third-order valence-corrected chi connectivity index (χ3v) is 5.45. The van der Waals surface area contributed by atoms with Gasteiger partial charge in [-0.3, -0.25) is 4.98 Å². The highest BCUT2D eigenvalue weighted by atomic mass is 16.3. The van der Waals surface area contributed by atoms with Gasteiger partial charge in [-0.2, -0.15) is 0 Å². The molecule has 2 heterocycles. The zero-order valence-corrected chi connectivity index (χ0v) is 14.9. The molecule has 1 saturated heterocycles. The maximum Gasteiger partial charge on any atom is 0.315 e. The van der Waals surface area contributed by atoms with Crippen LogP contribution in [0.3, 0.4) is 0 Å². The molecule has 3 N–H and O–H groups in total. The Balaban J connectivity index is 1.29. The second kappa shape index (κ2) is 9.15. The summed E-state index contributed by atoms with van der Waals surface area (Å²) in [7, 11) is 0. The number of carbonyl (C=O) groups is 1. The zero-order chi connectivity index (χ0) is 17.5. The van der Waals surface area contributed by atoms with Crippen LogP contribution in [0.1, 0.15) is 37.7 Å². The van der Waals surface area contributed by atoms with Crippen molar-refractivity contribution in [3.8, 4) is 0 Å². The molecule has 2 unspecified atom stereocenters. The Morgan fingerprint density at radius 2 is 1.96 bits per heavy atom. The fourth-order valence-corrected chi connectivity index (χ4v) is 3.84. The second-order valence-electron chi connectivity index (χ2n) is 7.41.